The summed E-state index contributed by atoms with van der Waals surface area (Å²) in [7, 11) is 0. The van der Waals surface area contributed by atoms with Crippen LogP contribution in [-0.4, -0.2) is 82.3 Å². The second-order valence-corrected chi connectivity index (χ2v) is 15.9. The Labute approximate surface area is 385 Å². The van der Waals surface area contributed by atoms with Crippen LogP contribution in [0.1, 0.15) is 53.6 Å². The number of phenolic OH excluding ortho intramolecular Hbond substituents is 1. The maximum atomic E-state index is 13.9. The van der Waals surface area contributed by atoms with Gasteiger partial charge in [0.25, 0.3) is 0 Å². The lowest BCUT2D eigenvalue weighted by Crippen LogP contribution is -2.57. The Morgan fingerprint density at radius 2 is 1.25 bits per heavy atom. The zero-order valence-corrected chi connectivity index (χ0v) is 36.6. The van der Waals surface area contributed by atoms with Crippen molar-refractivity contribution in [2.45, 2.75) is 88.7 Å². The van der Waals surface area contributed by atoms with E-state index in [1.165, 1.54) is 26.0 Å². The van der Waals surface area contributed by atoms with Crippen LogP contribution in [0, 0.1) is 0 Å². The number of fused-ring (bicyclic) bond motifs is 1. The van der Waals surface area contributed by atoms with Gasteiger partial charge in [0.2, 0.25) is 29.5 Å². The quantitative estimate of drug-likeness (QED) is 0.0405. The predicted molar refractivity (Wildman–Crippen MR) is 235 cm³/mol. The Hall–Kier alpha value is -7.42. The van der Waals surface area contributed by atoms with Crippen LogP contribution in [0.5, 0.6) is 5.75 Å². The number of esters is 1. The van der Waals surface area contributed by atoms with Crippen LogP contribution in [0.25, 0.3) is 10.9 Å². The molecule has 0 bridgehead atoms. The number of alkyl halides is 6. The summed E-state index contributed by atoms with van der Waals surface area (Å²) in [5.74, 6) is -5.17. The first-order valence-electron chi connectivity index (χ1n) is 21.2. The van der Waals surface area contributed by atoms with E-state index in [-0.39, 0.29) is 37.5 Å². The average molecular weight is 954 g/mol. The lowest BCUT2D eigenvalue weighted by atomic mass is 10.0. The van der Waals surface area contributed by atoms with E-state index in [2.05, 4.69) is 31.6 Å². The highest BCUT2D eigenvalue weighted by molar-refractivity contribution is 5.95. The SMILES string of the molecule is CC[C@H](NC(=O)[C@H](Cc1ccccc1)NC(=O)CNC(=O)[C@@H](C)NC(=O)[C@@H](N)Cc1ccc(O)cc1)C(=O)N[C@@H](Cc1c[nH]c2ccccc12)C(=O)OCc1cc(C(F)(F)F)cc(C(F)(F)F)c1. The van der Waals surface area contributed by atoms with Crippen LogP contribution in [0.2, 0.25) is 0 Å². The minimum Gasteiger partial charge on any atom is -0.508 e. The minimum absolute atomic E-state index is 0.0338. The molecule has 4 aromatic carbocycles. The highest BCUT2D eigenvalue weighted by Crippen LogP contribution is 2.36. The molecule has 5 amide bonds. The van der Waals surface area contributed by atoms with Gasteiger partial charge in [-0.3, -0.25) is 24.0 Å². The minimum atomic E-state index is -5.16. The van der Waals surface area contributed by atoms with Crippen molar-refractivity contribution in [2.75, 3.05) is 6.54 Å². The van der Waals surface area contributed by atoms with Gasteiger partial charge < -0.3 is 47.1 Å². The van der Waals surface area contributed by atoms with Gasteiger partial charge in [-0.1, -0.05) is 67.6 Å². The zero-order valence-electron chi connectivity index (χ0n) is 36.6. The molecule has 0 saturated heterocycles. The number of ether oxygens (including phenoxy) is 1. The highest BCUT2D eigenvalue weighted by Gasteiger charge is 2.37. The van der Waals surface area contributed by atoms with E-state index in [1.807, 2.05) is 0 Å². The first-order chi connectivity index (χ1) is 32.1. The Morgan fingerprint density at radius 1 is 0.662 bits per heavy atom. The zero-order chi connectivity index (χ0) is 49.8. The largest absolute Gasteiger partial charge is 0.508 e. The van der Waals surface area contributed by atoms with E-state index >= 15 is 0 Å². The van der Waals surface area contributed by atoms with Crippen molar-refractivity contribution in [1.29, 1.82) is 0 Å². The van der Waals surface area contributed by atoms with Gasteiger partial charge in [0.1, 0.15) is 36.5 Å². The molecule has 0 aliphatic heterocycles. The van der Waals surface area contributed by atoms with Gasteiger partial charge in [0, 0.05) is 29.9 Å². The average Bonchev–Trinajstić information content (AvgIpc) is 3.71. The topological polar surface area (TPSA) is 234 Å². The van der Waals surface area contributed by atoms with Gasteiger partial charge in [0.05, 0.1) is 23.7 Å². The van der Waals surface area contributed by atoms with E-state index in [4.69, 9.17) is 10.5 Å². The molecule has 1 heterocycles. The third-order valence-corrected chi connectivity index (χ3v) is 10.6. The number of hydrogen-bond donors (Lipinski definition) is 8. The van der Waals surface area contributed by atoms with E-state index in [0.29, 0.717) is 39.7 Å². The van der Waals surface area contributed by atoms with Gasteiger partial charge in [-0.05, 0) is 78.4 Å². The van der Waals surface area contributed by atoms with Gasteiger partial charge in [-0.25, -0.2) is 4.79 Å². The second kappa shape index (κ2) is 22.9. The fourth-order valence-electron chi connectivity index (χ4n) is 6.96. The summed E-state index contributed by atoms with van der Waals surface area (Å²) >= 11 is 0. The fourth-order valence-corrected chi connectivity index (χ4v) is 6.96. The molecule has 5 atom stereocenters. The molecule has 15 nitrogen and oxygen atoms in total. The number of H-pyrrole nitrogens is 1. The van der Waals surface area contributed by atoms with E-state index in [0.717, 1.165) is 0 Å². The summed E-state index contributed by atoms with van der Waals surface area (Å²) < 4.78 is 86.6. The van der Waals surface area contributed by atoms with Crippen LogP contribution >= 0.6 is 0 Å². The van der Waals surface area contributed by atoms with Crippen molar-refractivity contribution < 1.29 is 65.0 Å². The number of amides is 5. The molecule has 0 unspecified atom stereocenters. The number of nitrogens with one attached hydrogen (secondary N) is 6. The summed E-state index contributed by atoms with van der Waals surface area (Å²) in [5.41, 5.74) is 4.55. The molecule has 9 N–H and O–H groups in total. The Bertz CT molecular complexity index is 2540. The summed E-state index contributed by atoms with van der Waals surface area (Å²) in [5, 5.41) is 22.6. The van der Waals surface area contributed by atoms with E-state index < -0.39 is 108 Å². The lowest BCUT2D eigenvalue weighted by Gasteiger charge is -2.25. The summed E-state index contributed by atoms with van der Waals surface area (Å²) in [6.45, 7) is 1.24. The summed E-state index contributed by atoms with van der Waals surface area (Å²) in [6.07, 6.45) is -9.07. The lowest BCUT2D eigenvalue weighted by molar-refractivity contribution is -0.149. The second-order valence-electron chi connectivity index (χ2n) is 15.9. The molecule has 0 aliphatic rings. The van der Waals surface area contributed by atoms with Gasteiger partial charge in [-0.15, -0.1) is 0 Å². The van der Waals surface area contributed by atoms with Crippen molar-refractivity contribution >= 4 is 46.4 Å². The van der Waals surface area contributed by atoms with E-state index in [9.17, 15) is 60.2 Å². The molecule has 5 rings (SSSR count). The van der Waals surface area contributed by atoms with Crippen LogP contribution in [0.4, 0.5) is 26.3 Å². The smallest absolute Gasteiger partial charge is 0.416 e. The molecule has 0 aliphatic carbocycles. The number of carbonyl (C=O) groups is 6. The van der Waals surface area contributed by atoms with Crippen molar-refractivity contribution in [2.24, 2.45) is 5.73 Å². The molecule has 1 aromatic heterocycles. The summed E-state index contributed by atoms with van der Waals surface area (Å²) in [6, 6.07) is 15.7. The number of benzene rings is 4. The maximum Gasteiger partial charge on any atom is 0.416 e. The molecule has 0 saturated carbocycles. The van der Waals surface area contributed by atoms with Crippen LogP contribution in [0.3, 0.4) is 0 Å². The maximum absolute atomic E-state index is 13.9. The predicted octanol–water partition coefficient (Wildman–Crippen LogP) is 4.50. The first-order valence-corrected chi connectivity index (χ1v) is 21.2. The monoisotopic (exact) mass is 953 g/mol. The van der Waals surface area contributed by atoms with Gasteiger partial charge in [0.15, 0.2) is 0 Å². The number of aromatic nitrogens is 1. The Morgan fingerprint density at radius 3 is 1.88 bits per heavy atom. The van der Waals surface area contributed by atoms with E-state index in [1.54, 1.807) is 72.9 Å². The number of phenols is 1. The standard InChI is InChI=1S/C47H49F6N7O8/c1-3-36(43(65)60-39(21-30-23-55-37-12-8-7-11-34(30)37)45(67)68-25-29-17-31(46(48,49)50)22-32(18-29)47(51,52)53)59-44(66)38(20-27-9-5-4-6-10-27)58-40(62)24-56-41(63)26(2)57-42(64)35(54)19-28-13-15-33(61)16-14-28/h4-18,22-23,26,35-36,38-39,55,61H,3,19-21,24-25,54H2,1-2H3,(H,56,63)(H,57,64)(H,58,62)(H,59,66)(H,60,65)/t26-,35+,36+,38+,39+/m1/s1. The third-order valence-electron chi connectivity index (χ3n) is 10.6. The number of rotatable bonds is 20. The van der Waals surface area contributed by atoms with Crippen molar-refractivity contribution in [3.05, 3.63) is 137 Å². The number of carbonyl (C=O) groups excluding carboxylic acids is 6. The van der Waals surface area contributed by atoms with Crippen molar-refractivity contribution in [3.8, 4) is 5.75 Å². The molecular weight excluding hydrogens is 905 g/mol. The summed E-state index contributed by atoms with van der Waals surface area (Å²) in [4.78, 5) is 83.2. The normalized spacial score (nSPS) is 13.8. The van der Waals surface area contributed by atoms with Crippen LogP contribution in [-0.2, 0) is 71.7 Å². The number of nitrogens with two attached hydrogens (primary N) is 1. The number of aromatic amines is 1. The number of aromatic hydroxyl groups is 1. The highest BCUT2D eigenvalue weighted by atomic mass is 19.4. The van der Waals surface area contributed by atoms with Crippen molar-refractivity contribution in [3.63, 3.8) is 0 Å². The van der Waals surface area contributed by atoms with Crippen LogP contribution < -0.4 is 32.3 Å². The van der Waals surface area contributed by atoms with Gasteiger partial charge >= 0.3 is 18.3 Å². The molecule has 68 heavy (non-hydrogen) atoms. The number of para-hydroxylation sites is 1. The number of halogens is 6. The molecule has 0 spiro atoms. The molecule has 5 aromatic rings. The van der Waals surface area contributed by atoms with Crippen molar-refractivity contribution in [1.82, 2.24) is 31.6 Å². The molecular formula is C47H49F6N7O8. The fraction of sp³-hybridized carbons (Fsp3) is 0.319. The molecule has 0 radical (unpaired) electrons. The Balaban J connectivity index is 1.26. The molecule has 362 valence electrons. The Kier molecular flexibility index (Phi) is 17.3. The molecule has 0 fully saturated rings. The first kappa shape index (κ1) is 51.6. The van der Waals surface area contributed by atoms with Gasteiger partial charge in [-0.2, -0.15) is 26.3 Å². The number of hydrogen-bond acceptors (Lipinski definition) is 9. The van der Waals surface area contributed by atoms with Crippen LogP contribution in [0.15, 0.2) is 103 Å². The third kappa shape index (κ3) is 14.8. The molecule has 21 heteroatoms.